The monoisotopic (exact) mass is 830 g/mol. The van der Waals surface area contributed by atoms with Crippen LogP contribution in [0.5, 0.6) is 0 Å². The highest BCUT2D eigenvalue weighted by Crippen LogP contribution is 2.18. The summed E-state index contributed by atoms with van der Waals surface area (Å²) in [7, 11) is 0. The Morgan fingerprint density at radius 2 is 0.915 bits per heavy atom. The Morgan fingerprint density at radius 3 is 1.37 bits per heavy atom. The van der Waals surface area contributed by atoms with Gasteiger partial charge in [0.1, 0.15) is 6.10 Å². The van der Waals surface area contributed by atoms with Crippen molar-refractivity contribution in [2.75, 3.05) is 6.61 Å². The maximum atomic E-state index is 13.2. The number of allylic oxidation sites excluding steroid dienone is 6. The predicted molar refractivity (Wildman–Crippen MR) is 255 cm³/mol. The molecule has 0 aliphatic heterocycles. The first-order chi connectivity index (χ1) is 29.0. The molecule has 0 spiro atoms. The third-order valence-electron chi connectivity index (χ3n) is 11.8. The van der Waals surface area contributed by atoms with Gasteiger partial charge in [-0.3, -0.25) is 9.59 Å². The molecule has 6 nitrogen and oxygen atoms in total. The second-order valence-electron chi connectivity index (χ2n) is 17.6. The van der Waals surface area contributed by atoms with E-state index in [0.29, 0.717) is 19.3 Å². The van der Waals surface area contributed by atoms with Gasteiger partial charge in [-0.25, -0.2) is 0 Å². The van der Waals surface area contributed by atoms with Gasteiger partial charge in [-0.05, 0) is 44.9 Å². The van der Waals surface area contributed by atoms with Crippen molar-refractivity contribution < 1.29 is 24.5 Å². The van der Waals surface area contributed by atoms with Gasteiger partial charge in [0, 0.05) is 6.42 Å². The second-order valence-corrected chi connectivity index (χ2v) is 17.6. The van der Waals surface area contributed by atoms with E-state index in [-0.39, 0.29) is 24.9 Å². The Morgan fingerprint density at radius 1 is 0.508 bits per heavy atom. The van der Waals surface area contributed by atoms with Gasteiger partial charge < -0.3 is 20.3 Å². The van der Waals surface area contributed by atoms with E-state index >= 15 is 0 Å². The number of hydrogen-bond donors (Lipinski definition) is 3. The van der Waals surface area contributed by atoms with E-state index in [0.717, 1.165) is 70.6 Å². The summed E-state index contributed by atoms with van der Waals surface area (Å²) in [6.07, 6.45) is 55.0. The van der Waals surface area contributed by atoms with Crippen molar-refractivity contribution in [2.24, 2.45) is 0 Å². The van der Waals surface area contributed by atoms with Crippen LogP contribution in [0.25, 0.3) is 0 Å². The van der Waals surface area contributed by atoms with E-state index in [1.54, 1.807) is 0 Å². The highest BCUT2D eigenvalue weighted by atomic mass is 16.5. The molecule has 0 radical (unpaired) electrons. The number of ether oxygens (including phenoxy) is 1. The zero-order valence-corrected chi connectivity index (χ0v) is 39.4. The van der Waals surface area contributed by atoms with Crippen LogP contribution in [0, 0.1) is 0 Å². The third kappa shape index (κ3) is 42.6. The maximum Gasteiger partial charge on any atom is 0.306 e. The molecule has 346 valence electrons. The highest BCUT2D eigenvalue weighted by molar-refractivity contribution is 5.77. The first-order valence-electron chi connectivity index (χ1n) is 25.7. The molecule has 0 aromatic rings. The molecule has 0 aliphatic rings. The Kier molecular flexibility index (Phi) is 45.6. The van der Waals surface area contributed by atoms with Crippen molar-refractivity contribution in [3.8, 4) is 0 Å². The third-order valence-corrected chi connectivity index (χ3v) is 11.8. The molecule has 0 fully saturated rings. The molecule has 0 aromatic heterocycles. The largest absolute Gasteiger partial charge is 0.462 e. The summed E-state index contributed by atoms with van der Waals surface area (Å²) in [6, 6.07) is -0.709. The van der Waals surface area contributed by atoms with Crippen LogP contribution in [0.2, 0.25) is 0 Å². The maximum absolute atomic E-state index is 13.2. The normalized spacial score (nSPS) is 13.5. The van der Waals surface area contributed by atoms with Crippen molar-refractivity contribution in [3.05, 3.63) is 36.5 Å². The Bertz CT molecular complexity index is 977. The van der Waals surface area contributed by atoms with Crippen molar-refractivity contribution in [3.63, 3.8) is 0 Å². The van der Waals surface area contributed by atoms with Crippen LogP contribution in [0.1, 0.15) is 265 Å². The van der Waals surface area contributed by atoms with E-state index in [1.807, 2.05) is 6.08 Å². The fraction of sp³-hybridized carbons (Fsp3) is 0.849. The summed E-state index contributed by atoms with van der Waals surface area (Å²) in [5.74, 6) is -0.498. The first kappa shape index (κ1) is 57.1. The molecule has 3 N–H and O–H groups in total. The van der Waals surface area contributed by atoms with Crippen LogP contribution in [0.3, 0.4) is 0 Å². The van der Waals surface area contributed by atoms with E-state index in [4.69, 9.17) is 4.74 Å². The zero-order chi connectivity index (χ0) is 43.1. The first-order valence-corrected chi connectivity index (χ1v) is 25.7. The smallest absolute Gasteiger partial charge is 0.306 e. The fourth-order valence-corrected chi connectivity index (χ4v) is 7.90. The molecular formula is C53H99NO5. The molecular weight excluding hydrogens is 731 g/mol. The Hall–Kier alpha value is -1.92. The molecule has 3 atom stereocenters. The van der Waals surface area contributed by atoms with Crippen molar-refractivity contribution in [2.45, 2.75) is 283 Å². The van der Waals surface area contributed by atoms with Crippen LogP contribution in [-0.4, -0.2) is 46.9 Å². The van der Waals surface area contributed by atoms with Crippen molar-refractivity contribution in [1.82, 2.24) is 5.32 Å². The van der Waals surface area contributed by atoms with E-state index in [1.165, 1.54) is 148 Å². The van der Waals surface area contributed by atoms with Gasteiger partial charge in [0.05, 0.1) is 25.2 Å². The van der Waals surface area contributed by atoms with Gasteiger partial charge in [-0.15, -0.1) is 0 Å². The van der Waals surface area contributed by atoms with Crippen molar-refractivity contribution in [1.29, 1.82) is 0 Å². The average Bonchev–Trinajstić information content (AvgIpc) is 3.23. The molecule has 0 saturated heterocycles. The minimum absolute atomic E-state index is 0.0582. The summed E-state index contributed by atoms with van der Waals surface area (Å²) in [4.78, 5) is 26.1. The zero-order valence-electron chi connectivity index (χ0n) is 39.4. The number of nitrogens with one attached hydrogen (secondary N) is 1. The molecule has 0 heterocycles. The number of aliphatic hydroxyl groups excluding tert-OH is 2. The summed E-state index contributed by atoms with van der Waals surface area (Å²) in [6.45, 7) is 6.35. The molecule has 0 rings (SSSR count). The lowest BCUT2D eigenvalue weighted by Gasteiger charge is -2.24. The van der Waals surface area contributed by atoms with Crippen molar-refractivity contribution >= 4 is 11.9 Å². The summed E-state index contributed by atoms with van der Waals surface area (Å²) in [5, 5.41) is 23.7. The van der Waals surface area contributed by atoms with Crippen LogP contribution in [0.4, 0.5) is 0 Å². The van der Waals surface area contributed by atoms with Crippen LogP contribution >= 0.6 is 0 Å². The topological polar surface area (TPSA) is 95.9 Å². The van der Waals surface area contributed by atoms with Gasteiger partial charge >= 0.3 is 5.97 Å². The van der Waals surface area contributed by atoms with Gasteiger partial charge in [-0.1, -0.05) is 243 Å². The average molecular weight is 830 g/mol. The van der Waals surface area contributed by atoms with E-state index < -0.39 is 18.2 Å². The number of hydrogen-bond acceptors (Lipinski definition) is 5. The molecule has 0 bridgehead atoms. The number of aliphatic hydroxyl groups is 2. The number of carbonyl (C=O) groups is 2. The van der Waals surface area contributed by atoms with Crippen LogP contribution in [0.15, 0.2) is 36.5 Å². The standard InChI is InChI=1S/C53H99NO5/c1-4-7-10-13-16-19-22-24-25-26-28-31-34-37-40-43-46-53(58)59-49(44-41-38-35-32-29-21-18-15-12-9-6-3)47-52(57)54-50(48-55)51(56)45-42-39-36-33-30-27-23-20-17-14-11-8-5-2/h9,12,15,18,21,29,49-51,55-56H,4-8,10-11,13-14,16-17,19-20,22-28,30-48H2,1-3H3,(H,54,57)/b12-9+,18-15+,29-21-. The van der Waals surface area contributed by atoms with Gasteiger partial charge in [0.25, 0.3) is 0 Å². The number of esters is 1. The molecule has 0 aliphatic carbocycles. The quantitative estimate of drug-likeness (QED) is 0.0323. The summed E-state index contributed by atoms with van der Waals surface area (Å²) >= 11 is 0. The van der Waals surface area contributed by atoms with Gasteiger partial charge in [-0.2, -0.15) is 0 Å². The minimum Gasteiger partial charge on any atom is -0.462 e. The predicted octanol–water partition coefficient (Wildman–Crippen LogP) is 15.3. The van der Waals surface area contributed by atoms with Crippen LogP contribution < -0.4 is 5.32 Å². The number of unbranched alkanes of at least 4 members (excludes halogenated alkanes) is 30. The summed E-state index contributed by atoms with van der Waals surface area (Å²) < 4.78 is 5.91. The Balaban J connectivity index is 4.52. The van der Waals surface area contributed by atoms with E-state index in [2.05, 4.69) is 56.5 Å². The minimum atomic E-state index is -0.793. The number of rotatable bonds is 46. The van der Waals surface area contributed by atoms with Gasteiger partial charge in [0.15, 0.2) is 0 Å². The lowest BCUT2D eigenvalue weighted by molar-refractivity contribution is -0.151. The molecule has 0 saturated carbocycles. The molecule has 3 unspecified atom stereocenters. The molecule has 1 amide bonds. The van der Waals surface area contributed by atoms with Crippen LogP contribution in [-0.2, 0) is 14.3 Å². The summed E-state index contributed by atoms with van der Waals surface area (Å²) in [5.41, 5.74) is 0. The van der Waals surface area contributed by atoms with E-state index in [9.17, 15) is 19.8 Å². The second kappa shape index (κ2) is 47.1. The SMILES string of the molecule is CC/C=C/C=C/C=C\CCCCCC(CC(=O)NC(CO)C(O)CCCCCCCCCCCCCCC)OC(=O)CCCCCCCCCCCCCCCCCC. The highest BCUT2D eigenvalue weighted by Gasteiger charge is 2.24. The molecule has 0 aromatic carbocycles. The molecule has 6 heteroatoms. The number of carbonyl (C=O) groups excluding carboxylic acids is 2. The Labute approximate surface area is 366 Å². The molecule has 59 heavy (non-hydrogen) atoms. The lowest BCUT2D eigenvalue weighted by Crippen LogP contribution is -2.46. The van der Waals surface area contributed by atoms with Gasteiger partial charge in [0.2, 0.25) is 5.91 Å². The fourth-order valence-electron chi connectivity index (χ4n) is 7.90. The lowest BCUT2D eigenvalue weighted by atomic mass is 10.0. The number of amides is 1.